The number of ether oxygens (including phenoxy) is 3. The third-order valence-electron chi connectivity index (χ3n) is 6.66. The zero-order valence-corrected chi connectivity index (χ0v) is 22.5. The highest BCUT2D eigenvalue weighted by atomic mass is 19.1. The number of anilines is 2. The summed E-state index contributed by atoms with van der Waals surface area (Å²) in [7, 11) is 1.52. The molecule has 9 heteroatoms. The number of methoxy groups -OCH3 is 1. The van der Waals surface area contributed by atoms with E-state index in [2.05, 4.69) is 15.6 Å². The van der Waals surface area contributed by atoms with E-state index in [0.717, 1.165) is 16.8 Å². The van der Waals surface area contributed by atoms with Crippen molar-refractivity contribution >= 4 is 23.3 Å². The van der Waals surface area contributed by atoms with Crippen molar-refractivity contribution in [2.45, 2.75) is 32.9 Å². The lowest BCUT2D eigenvalue weighted by Crippen LogP contribution is -2.47. The summed E-state index contributed by atoms with van der Waals surface area (Å²) in [6.45, 7) is 5.45. The van der Waals surface area contributed by atoms with Gasteiger partial charge in [-0.05, 0) is 68.3 Å². The molecule has 1 aliphatic rings. The number of hydrogen-bond acceptors (Lipinski definition) is 7. The molecule has 8 nitrogen and oxygen atoms in total. The highest BCUT2D eigenvalue weighted by Gasteiger charge is 2.35. The zero-order chi connectivity index (χ0) is 28.4. The van der Waals surface area contributed by atoms with E-state index in [-0.39, 0.29) is 18.3 Å². The minimum atomic E-state index is -0.816. The van der Waals surface area contributed by atoms with Crippen LogP contribution in [0.15, 0.2) is 73.1 Å². The Hall–Kier alpha value is -4.92. The molecule has 204 valence electrons. The van der Waals surface area contributed by atoms with Crippen molar-refractivity contribution in [1.29, 1.82) is 0 Å². The first-order valence-corrected chi connectivity index (χ1v) is 12.6. The molecule has 1 aliphatic heterocycles. The van der Waals surface area contributed by atoms with Crippen LogP contribution in [0.25, 0.3) is 11.1 Å². The number of nitrogens with zero attached hydrogens (tertiary/aromatic N) is 1. The Morgan fingerprint density at radius 2 is 1.82 bits per heavy atom. The summed E-state index contributed by atoms with van der Waals surface area (Å²) in [5.74, 6) is -0.0423. The quantitative estimate of drug-likeness (QED) is 0.214. The fourth-order valence-corrected chi connectivity index (χ4v) is 4.45. The van der Waals surface area contributed by atoms with Gasteiger partial charge < -0.3 is 24.8 Å². The summed E-state index contributed by atoms with van der Waals surface area (Å²) in [6.07, 6.45) is 3.00. The first-order valence-electron chi connectivity index (χ1n) is 12.6. The Bertz CT molecular complexity index is 1600. The van der Waals surface area contributed by atoms with Gasteiger partial charge in [0.1, 0.15) is 35.2 Å². The molecule has 0 bridgehead atoms. The molecule has 0 aliphatic carbocycles. The van der Waals surface area contributed by atoms with Gasteiger partial charge in [0.2, 0.25) is 5.91 Å². The Kier molecular flexibility index (Phi) is 7.13. The van der Waals surface area contributed by atoms with Crippen molar-refractivity contribution in [3.05, 3.63) is 95.6 Å². The second-order valence-corrected chi connectivity index (χ2v) is 9.91. The largest absolute Gasteiger partial charge is 0.496 e. The standard InChI is InChI=1S/C31H28FN3O5/c1-18-7-8-20(32)14-26(18)39-17-24-22(11-12-25-28(24)34-30(37)31(2,3)35-25)23-10-9-21(15-27(23)38-4)40-29(36)19-6-5-13-33-16-19/h5-16,35H,17H2,1-4H3,(H,34,37). The van der Waals surface area contributed by atoms with Gasteiger partial charge in [0, 0.05) is 35.7 Å². The maximum atomic E-state index is 14.0. The van der Waals surface area contributed by atoms with Crippen molar-refractivity contribution in [2.75, 3.05) is 17.7 Å². The molecule has 0 spiro atoms. The minimum Gasteiger partial charge on any atom is -0.496 e. The van der Waals surface area contributed by atoms with E-state index in [1.807, 2.05) is 19.1 Å². The van der Waals surface area contributed by atoms with Gasteiger partial charge in [-0.3, -0.25) is 9.78 Å². The topological polar surface area (TPSA) is 98.8 Å². The van der Waals surface area contributed by atoms with Gasteiger partial charge in [-0.1, -0.05) is 12.1 Å². The van der Waals surface area contributed by atoms with Crippen LogP contribution in [0.2, 0.25) is 0 Å². The third-order valence-corrected chi connectivity index (χ3v) is 6.66. The van der Waals surface area contributed by atoms with E-state index in [1.54, 1.807) is 56.4 Å². The third kappa shape index (κ3) is 5.31. The predicted molar refractivity (Wildman–Crippen MR) is 149 cm³/mol. The van der Waals surface area contributed by atoms with Gasteiger partial charge in [0.05, 0.1) is 24.0 Å². The molecule has 0 radical (unpaired) electrons. The summed E-state index contributed by atoms with van der Waals surface area (Å²) in [5, 5.41) is 6.29. The normalized spacial score (nSPS) is 13.5. The summed E-state index contributed by atoms with van der Waals surface area (Å²) >= 11 is 0. The molecule has 3 aromatic carbocycles. The number of rotatable bonds is 7. The van der Waals surface area contributed by atoms with Crippen molar-refractivity contribution in [3.63, 3.8) is 0 Å². The molecule has 1 amide bonds. The van der Waals surface area contributed by atoms with Crippen LogP contribution in [-0.2, 0) is 11.4 Å². The molecule has 4 aromatic rings. The summed E-state index contributed by atoms with van der Waals surface area (Å²) < 4.78 is 31.3. The van der Waals surface area contributed by atoms with Gasteiger partial charge >= 0.3 is 5.97 Å². The number of fused-ring (bicyclic) bond motifs is 1. The van der Waals surface area contributed by atoms with Crippen LogP contribution >= 0.6 is 0 Å². The predicted octanol–water partition coefficient (Wildman–Crippen LogP) is 6.15. The maximum Gasteiger partial charge on any atom is 0.345 e. The number of carbonyl (C=O) groups excluding carboxylic acids is 2. The van der Waals surface area contributed by atoms with E-state index in [1.165, 1.54) is 25.4 Å². The fraction of sp³-hybridized carbons (Fsp3) is 0.194. The highest BCUT2D eigenvalue weighted by molar-refractivity contribution is 6.07. The van der Waals surface area contributed by atoms with Crippen LogP contribution < -0.4 is 24.8 Å². The molecule has 40 heavy (non-hydrogen) atoms. The zero-order valence-electron chi connectivity index (χ0n) is 22.5. The monoisotopic (exact) mass is 541 g/mol. The Morgan fingerprint density at radius 3 is 2.58 bits per heavy atom. The number of pyridine rings is 1. The summed E-state index contributed by atoms with van der Waals surface area (Å²) in [4.78, 5) is 29.4. The van der Waals surface area contributed by atoms with E-state index in [9.17, 15) is 14.0 Å². The number of benzene rings is 3. The van der Waals surface area contributed by atoms with Gasteiger partial charge in [-0.2, -0.15) is 0 Å². The highest BCUT2D eigenvalue weighted by Crippen LogP contribution is 2.43. The SMILES string of the molecule is COc1cc(OC(=O)c2cccnc2)ccc1-c1ccc2c(c1COc1cc(F)ccc1C)NC(=O)C(C)(C)N2. The van der Waals surface area contributed by atoms with Gasteiger partial charge in [0.15, 0.2) is 0 Å². The van der Waals surface area contributed by atoms with E-state index in [4.69, 9.17) is 14.2 Å². The van der Waals surface area contributed by atoms with Crippen molar-refractivity contribution < 1.29 is 28.2 Å². The van der Waals surface area contributed by atoms with Crippen molar-refractivity contribution in [1.82, 2.24) is 4.98 Å². The Labute approximate surface area is 231 Å². The Balaban J connectivity index is 1.55. The second kappa shape index (κ2) is 10.7. The van der Waals surface area contributed by atoms with Crippen LogP contribution in [0.1, 0.15) is 35.3 Å². The lowest BCUT2D eigenvalue weighted by atomic mass is 9.92. The lowest BCUT2D eigenvalue weighted by Gasteiger charge is -2.34. The summed E-state index contributed by atoms with van der Waals surface area (Å²) in [5.41, 5.74) is 3.62. The van der Waals surface area contributed by atoms with Crippen LogP contribution in [0.3, 0.4) is 0 Å². The van der Waals surface area contributed by atoms with E-state index >= 15 is 0 Å². The minimum absolute atomic E-state index is 0.0338. The average Bonchev–Trinajstić information content (AvgIpc) is 2.94. The van der Waals surface area contributed by atoms with Crippen LogP contribution in [0.4, 0.5) is 15.8 Å². The van der Waals surface area contributed by atoms with Crippen LogP contribution in [-0.4, -0.2) is 29.5 Å². The lowest BCUT2D eigenvalue weighted by molar-refractivity contribution is -0.119. The number of amides is 1. The first kappa shape index (κ1) is 26.7. The molecule has 0 saturated heterocycles. The molecule has 0 saturated carbocycles. The average molecular weight is 542 g/mol. The molecule has 0 unspecified atom stereocenters. The Morgan fingerprint density at radius 1 is 1.02 bits per heavy atom. The number of nitrogens with one attached hydrogen (secondary N) is 2. The van der Waals surface area contributed by atoms with Crippen molar-refractivity contribution in [2.24, 2.45) is 0 Å². The molecular weight excluding hydrogens is 513 g/mol. The number of aryl methyl sites for hydroxylation is 1. The number of aromatic nitrogens is 1. The molecule has 5 rings (SSSR count). The van der Waals surface area contributed by atoms with Crippen molar-refractivity contribution in [3.8, 4) is 28.4 Å². The molecular formula is C31H28FN3O5. The second-order valence-electron chi connectivity index (χ2n) is 9.91. The molecule has 0 atom stereocenters. The van der Waals surface area contributed by atoms with E-state index < -0.39 is 17.3 Å². The number of carbonyl (C=O) groups is 2. The summed E-state index contributed by atoms with van der Waals surface area (Å²) in [6, 6.07) is 16.4. The molecule has 0 fully saturated rings. The van der Waals surface area contributed by atoms with Gasteiger partial charge in [-0.25, -0.2) is 9.18 Å². The number of esters is 1. The smallest absolute Gasteiger partial charge is 0.345 e. The van der Waals surface area contributed by atoms with Gasteiger partial charge in [-0.15, -0.1) is 0 Å². The molecule has 2 N–H and O–H groups in total. The molecule has 1 aromatic heterocycles. The van der Waals surface area contributed by atoms with Crippen LogP contribution in [0.5, 0.6) is 17.2 Å². The molecule has 2 heterocycles. The first-order chi connectivity index (χ1) is 19.2. The number of hydrogen-bond donors (Lipinski definition) is 2. The fourth-order valence-electron chi connectivity index (χ4n) is 4.45. The van der Waals surface area contributed by atoms with Crippen LogP contribution in [0, 0.1) is 12.7 Å². The number of halogens is 1. The van der Waals surface area contributed by atoms with E-state index in [0.29, 0.717) is 33.9 Å². The maximum absolute atomic E-state index is 14.0. The van der Waals surface area contributed by atoms with Gasteiger partial charge in [0.25, 0.3) is 0 Å².